The summed E-state index contributed by atoms with van der Waals surface area (Å²) in [5, 5.41) is 39.2. The predicted octanol–water partition coefficient (Wildman–Crippen LogP) is -4.94. The number of thiol groups is 1. The summed E-state index contributed by atoms with van der Waals surface area (Å²) >= 11 is 4.26. The molecular weight excluding hydrogens is 1100 g/mol. The van der Waals surface area contributed by atoms with E-state index in [1.54, 1.807) is 44.2 Å². The Labute approximate surface area is 491 Å². The molecule has 2 rings (SSSR count). The second kappa shape index (κ2) is 39.9. The quantitative estimate of drug-likeness (QED) is 0.0264. The van der Waals surface area contributed by atoms with E-state index in [4.69, 9.17) is 28.7 Å². The van der Waals surface area contributed by atoms with Crippen molar-refractivity contribution < 1.29 is 57.8 Å². The van der Waals surface area contributed by atoms with Gasteiger partial charge in [0, 0.05) is 25.1 Å². The number of benzene rings is 1. The van der Waals surface area contributed by atoms with E-state index < -0.39 is 139 Å². The molecule has 29 heteroatoms. The molecule has 0 aromatic heterocycles. The van der Waals surface area contributed by atoms with Gasteiger partial charge in [0.1, 0.15) is 60.4 Å². The van der Waals surface area contributed by atoms with Gasteiger partial charge in [0.25, 0.3) is 0 Å². The van der Waals surface area contributed by atoms with Crippen LogP contribution in [-0.4, -0.2) is 182 Å². The first-order valence-corrected chi connectivity index (χ1v) is 29.3. The molecule has 83 heavy (non-hydrogen) atoms. The summed E-state index contributed by atoms with van der Waals surface area (Å²) in [5.41, 5.74) is 29.9. The highest BCUT2D eigenvalue weighted by molar-refractivity contribution is 7.80. The molecule has 11 atom stereocenters. The summed E-state index contributed by atoms with van der Waals surface area (Å²) in [7, 11) is 0. The van der Waals surface area contributed by atoms with Crippen LogP contribution in [-0.2, 0) is 59.2 Å². The van der Waals surface area contributed by atoms with Crippen LogP contribution in [0.3, 0.4) is 0 Å². The Kier molecular flexibility index (Phi) is 34.9. The smallest absolute Gasteiger partial charge is 0.245 e. The monoisotopic (exact) mass is 1190 g/mol. The Morgan fingerprint density at radius 3 is 1.57 bits per heavy atom. The van der Waals surface area contributed by atoms with E-state index >= 15 is 0 Å². The van der Waals surface area contributed by atoms with Gasteiger partial charge in [-0.05, 0) is 102 Å². The lowest BCUT2D eigenvalue weighted by atomic mass is 10.00. The number of aliphatic hydroxyl groups excluding tert-OH is 1. The van der Waals surface area contributed by atoms with Crippen molar-refractivity contribution in [2.75, 3.05) is 45.0 Å². The largest absolute Gasteiger partial charge is 0.391 e. The number of nitrogens with two attached hydrogens (primary N) is 5. The van der Waals surface area contributed by atoms with E-state index in [1.807, 2.05) is 0 Å². The number of hydrogen-bond donors (Lipinski definition) is 18. The third-order valence-corrected chi connectivity index (χ3v) is 13.8. The zero-order valence-electron chi connectivity index (χ0n) is 48.4. The van der Waals surface area contributed by atoms with Crippen LogP contribution >= 0.6 is 12.6 Å². The average molecular weight is 1190 g/mol. The van der Waals surface area contributed by atoms with Crippen molar-refractivity contribution in [3.05, 3.63) is 35.9 Å². The van der Waals surface area contributed by atoms with Crippen LogP contribution in [0.4, 0.5) is 0 Å². The van der Waals surface area contributed by atoms with Gasteiger partial charge in [-0.15, -0.1) is 0 Å². The lowest BCUT2D eigenvalue weighted by Gasteiger charge is -2.28. The molecule has 0 radical (unpaired) electrons. The molecule has 28 nitrogen and oxygen atoms in total. The molecule has 1 heterocycles. The van der Waals surface area contributed by atoms with Crippen molar-refractivity contribution in [1.29, 1.82) is 0 Å². The van der Waals surface area contributed by atoms with Crippen molar-refractivity contribution in [3.8, 4) is 0 Å². The van der Waals surface area contributed by atoms with Crippen molar-refractivity contribution in [1.82, 2.24) is 58.5 Å². The minimum Gasteiger partial charge on any atom is -0.391 e. The molecule has 11 amide bonds. The first kappa shape index (κ1) is 72.6. The standard InChI is InChI=1S/C54H94N16O12S/c1-5-6-7-8-12-15-43(72)61-34(16-22-55)45(73)69-42(30-83)53(81)65-36(18-24-57)47(75)66-39-21-27-60-54(82)44(32(4)71)70-50(78)38(20-26-59)63-46(74)35(17-23-56)64-51(79)40(28-31(2)3)67-52(80)41(29-33-13-10-9-11-14-33)68-48(76)37(19-25-58)62-49(39)77/h9-11,13-14,31-32,34-42,44,71,83H,5-8,12,15-30,55-59H2,1-4H3,(H,60,82)(H,61,72)(H,62,77)(H,63,74)(H,64,79)(H,65,81)(H,66,75)(H,67,80)(H,68,76)(H,69,73)(H,70,78)/t32-,34+,35+,36+,37+,38+,39+,40+,41-,42+,44+/m1/s1. The molecule has 1 aromatic carbocycles. The number of nitrogens with one attached hydrogen (secondary N) is 11. The first-order valence-electron chi connectivity index (χ1n) is 28.7. The Hall–Kier alpha value is -6.50. The summed E-state index contributed by atoms with van der Waals surface area (Å²) in [4.78, 5) is 153. The molecular formula is C54H94N16O12S. The number of carbonyl (C=O) groups is 11. The molecule has 1 fully saturated rings. The van der Waals surface area contributed by atoms with E-state index in [-0.39, 0.29) is 102 Å². The van der Waals surface area contributed by atoms with Crippen molar-refractivity contribution in [2.24, 2.45) is 34.6 Å². The fraction of sp³-hybridized carbons (Fsp3) is 0.685. The lowest BCUT2D eigenvalue weighted by Crippen LogP contribution is -2.61. The third kappa shape index (κ3) is 26.7. The van der Waals surface area contributed by atoms with Crippen LogP contribution in [0.5, 0.6) is 0 Å². The van der Waals surface area contributed by atoms with Crippen molar-refractivity contribution in [2.45, 2.75) is 184 Å². The highest BCUT2D eigenvalue weighted by Gasteiger charge is 2.37. The topological polar surface area (TPSA) is 470 Å². The van der Waals surface area contributed by atoms with E-state index in [0.717, 1.165) is 25.7 Å². The minimum atomic E-state index is -1.67. The molecule has 1 saturated heterocycles. The van der Waals surface area contributed by atoms with Crippen LogP contribution in [0.25, 0.3) is 0 Å². The van der Waals surface area contributed by atoms with Crippen LogP contribution in [0, 0.1) is 5.92 Å². The highest BCUT2D eigenvalue weighted by Crippen LogP contribution is 2.12. The number of amides is 11. The fourth-order valence-corrected chi connectivity index (χ4v) is 9.10. The van der Waals surface area contributed by atoms with Gasteiger partial charge in [-0.1, -0.05) is 76.8 Å². The van der Waals surface area contributed by atoms with Crippen LogP contribution in [0.2, 0.25) is 0 Å². The van der Waals surface area contributed by atoms with Gasteiger partial charge in [0.05, 0.1) is 6.10 Å². The van der Waals surface area contributed by atoms with Gasteiger partial charge in [0.15, 0.2) is 0 Å². The van der Waals surface area contributed by atoms with Gasteiger partial charge in [0.2, 0.25) is 65.0 Å². The van der Waals surface area contributed by atoms with Crippen LogP contribution in [0.1, 0.15) is 117 Å². The summed E-state index contributed by atoms with van der Waals surface area (Å²) in [6.07, 6.45) is 1.97. The molecule has 1 aliphatic heterocycles. The Balaban J connectivity index is 2.66. The number of hydrogen-bond acceptors (Lipinski definition) is 18. The molecule has 0 bridgehead atoms. The molecule has 0 aliphatic carbocycles. The molecule has 1 aromatic rings. The zero-order chi connectivity index (χ0) is 62.0. The van der Waals surface area contributed by atoms with Crippen molar-refractivity contribution in [3.63, 3.8) is 0 Å². The fourth-order valence-electron chi connectivity index (χ4n) is 8.85. The van der Waals surface area contributed by atoms with E-state index in [0.29, 0.717) is 12.0 Å². The molecule has 0 unspecified atom stereocenters. The molecule has 22 N–H and O–H groups in total. The lowest BCUT2D eigenvalue weighted by molar-refractivity contribution is -0.136. The van der Waals surface area contributed by atoms with Crippen LogP contribution in [0.15, 0.2) is 30.3 Å². The SMILES string of the molecule is CCCCCCCC(=O)N[C@@H](CCN)C(=O)N[C@@H](CS)C(=O)N[C@@H](CCN)C(=O)N[C@H]1CCNC(=O)[C@H]([C@@H](C)O)NC(=O)[C@H](CCN)NC(=O)[C@H](CCN)NC(=O)[C@H](CC(C)C)NC(=O)[C@@H](Cc2ccccc2)NC(=O)[C@H](CCN)NC1=O. The summed E-state index contributed by atoms with van der Waals surface area (Å²) in [6.45, 7) is 5.85. The molecule has 0 saturated carbocycles. The van der Waals surface area contributed by atoms with Gasteiger partial charge >= 0.3 is 0 Å². The molecule has 0 spiro atoms. The normalized spacial score (nSPS) is 22.4. The Morgan fingerprint density at radius 2 is 1.05 bits per heavy atom. The van der Waals surface area contributed by atoms with Gasteiger partial charge in [-0.3, -0.25) is 52.7 Å². The van der Waals surface area contributed by atoms with Gasteiger partial charge < -0.3 is 92.3 Å². The summed E-state index contributed by atoms with van der Waals surface area (Å²) in [5.74, 6) is -9.70. The van der Waals surface area contributed by atoms with Gasteiger partial charge in [-0.2, -0.15) is 12.6 Å². The van der Waals surface area contributed by atoms with Gasteiger partial charge in [-0.25, -0.2) is 0 Å². The van der Waals surface area contributed by atoms with E-state index in [2.05, 4.69) is 78.0 Å². The van der Waals surface area contributed by atoms with E-state index in [9.17, 15) is 57.8 Å². The maximum absolute atomic E-state index is 14.5. The van der Waals surface area contributed by atoms with E-state index in [1.165, 1.54) is 6.92 Å². The number of rotatable bonds is 29. The first-order chi connectivity index (χ1) is 39.6. The maximum atomic E-state index is 14.5. The molecule has 468 valence electrons. The number of carbonyl (C=O) groups excluding carboxylic acids is 11. The summed E-state index contributed by atoms with van der Waals surface area (Å²) in [6, 6.07) is -5.54. The Morgan fingerprint density at radius 1 is 0.578 bits per heavy atom. The average Bonchev–Trinajstić information content (AvgIpc) is 3.53. The zero-order valence-corrected chi connectivity index (χ0v) is 49.3. The second-order valence-corrected chi connectivity index (χ2v) is 21.3. The predicted molar refractivity (Wildman–Crippen MR) is 314 cm³/mol. The number of aliphatic hydroxyl groups is 1. The second-order valence-electron chi connectivity index (χ2n) is 21.0. The maximum Gasteiger partial charge on any atom is 0.245 e. The highest BCUT2D eigenvalue weighted by atomic mass is 32.1. The summed E-state index contributed by atoms with van der Waals surface area (Å²) < 4.78 is 0. The third-order valence-electron chi connectivity index (χ3n) is 13.5. The minimum absolute atomic E-state index is 0.0262. The van der Waals surface area contributed by atoms with Crippen molar-refractivity contribution >= 4 is 77.6 Å². The Bertz CT molecular complexity index is 2250. The van der Waals surface area contributed by atoms with Crippen LogP contribution < -0.4 is 87.2 Å². The number of unbranched alkanes of at least 4 members (excludes halogenated alkanes) is 4. The molecule has 1 aliphatic rings.